The fraction of sp³-hybridized carbons (Fsp3) is 0.833. The molecule has 0 aliphatic carbocycles. The summed E-state index contributed by atoms with van der Waals surface area (Å²) in [5.41, 5.74) is 0. The Balaban J connectivity index is 1.97. The normalized spacial score (nSPS) is 18.2. The lowest BCUT2D eigenvalue weighted by molar-refractivity contribution is 0.187. The second-order valence-electron chi connectivity index (χ2n) is 2.17. The number of likely N-dealkylation sites (tertiary alicyclic amines) is 1. The molecule has 0 unspecified atom stereocenters. The minimum atomic E-state index is 0.615. The molecule has 0 spiro atoms. The summed E-state index contributed by atoms with van der Waals surface area (Å²) in [6, 6.07) is 0. The van der Waals surface area contributed by atoms with Gasteiger partial charge in [0.05, 0.1) is 6.54 Å². The van der Waals surface area contributed by atoms with Crippen molar-refractivity contribution in [1.29, 1.82) is 0 Å². The molecular weight excluding hydrogens is 116 g/mol. The number of carbonyl (C=O) groups excluding carboxylic acids is 1. The maximum atomic E-state index is 9.58. The maximum Gasteiger partial charge on any atom is 0.234 e. The van der Waals surface area contributed by atoms with Gasteiger partial charge in [0.1, 0.15) is 0 Å². The Kier molecular flexibility index (Phi) is 2.43. The van der Waals surface area contributed by atoms with Crippen LogP contribution in [-0.2, 0) is 4.79 Å². The lowest BCUT2D eigenvalue weighted by atomic mass is 10.2. The SMILES string of the molecule is O=C=NCCN1CCC1. The van der Waals surface area contributed by atoms with E-state index in [1.165, 1.54) is 25.6 Å². The van der Waals surface area contributed by atoms with Crippen LogP contribution in [0.2, 0.25) is 0 Å². The van der Waals surface area contributed by atoms with Crippen LogP contribution in [0.4, 0.5) is 0 Å². The molecule has 1 aliphatic heterocycles. The molecule has 1 fully saturated rings. The first kappa shape index (κ1) is 6.46. The van der Waals surface area contributed by atoms with Crippen molar-refractivity contribution >= 4 is 6.08 Å². The quantitative estimate of drug-likeness (QED) is 0.394. The van der Waals surface area contributed by atoms with Crippen molar-refractivity contribution in [1.82, 2.24) is 4.90 Å². The van der Waals surface area contributed by atoms with E-state index in [2.05, 4.69) is 9.89 Å². The second-order valence-corrected chi connectivity index (χ2v) is 2.17. The zero-order valence-corrected chi connectivity index (χ0v) is 5.34. The fourth-order valence-electron chi connectivity index (χ4n) is 0.842. The monoisotopic (exact) mass is 126 g/mol. The molecule has 0 bridgehead atoms. The molecule has 0 saturated carbocycles. The first-order chi connectivity index (χ1) is 4.43. The summed E-state index contributed by atoms with van der Waals surface area (Å²) in [5, 5.41) is 0. The molecule has 0 atom stereocenters. The van der Waals surface area contributed by atoms with Gasteiger partial charge in [-0.05, 0) is 19.5 Å². The molecule has 0 aromatic heterocycles. The van der Waals surface area contributed by atoms with Gasteiger partial charge in [0.15, 0.2) is 0 Å². The predicted molar refractivity (Wildman–Crippen MR) is 34.0 cm³/mol. The van der Waals surface area contributed by atoms with Crippen molar-refractivity contribution in [2.75, 3.05) is 26.2 Å². The molecule has 0 radical (unpaired) electrons. The summed E-state index contributed by atoms with van der Waals surface area (Å²) in [4.78, 5) is 15.3. The smallest absolute Gasteiger partial charge is 0.234 e. The summed E-state index contributed by atoms with van der Waals surface area (Å²) < 4.78 is 0. The van der Waals surface area contributed by atoms with Crippen LogP contribution >= 0.6 is 0 Å². The summed E-state index contributed by atoms with van der Waals surface area (Å²) in [6.07, 6.45) is 2.82. The molecule has 0 N–H and O–H groups in total. The van der Waals surface area contributed by atoms with E-state index in [0.717, 1.165) is 6.54 Å². The Bertz CT molecular complexity index is 125. The predicted octanol–water partition coefficient (Wildman–Crippen LogP) is 0.0279. The molecule has 3 heteroatoms. The van der Waals surface area contributed by atoms with Crippen LogP contribution in [0.25, 0.3) is 0 Å². The number of aliphatic imine (C=N–C) groups is 1. The third-order valence-electron chi connectivity index (χ3n) is 1.54. The molecule has 1 heterocycles. The highest BCUT2D eigenvalue weighted by Crippen LogP contribution is 2.03. The van der Waals surface area contributed by atoms with E-state index >= 15 is 0 Å². The lowest BCUT2D eigenvalue weighted by Crippen LogP contribution is -2.38. The minimum absolute atomic E-state index is 0.615. The average Bonchev–Trinajstić information content (AvgIpc) is 1.76. The van der Waals surface area contributed by atoms with E-state index in [1.54, 1.807) is 0 Å². The molecule has 9 heavy (non-hydrogen) atoms. The van der Waals surface area contributed by atoms with Crippen molar-refractivity contribution in [2.24, 2.45) is 4.99 Å². The largest absolute Gasteiger partial charge is 0.301 e. The summed E-state index contributed by atoms with van der Waals surface area (Å²) >= 11 is 0. The molecule has 0 amide bonds. The van der Waals surface area contributed by atoms with Crippen LogP contribution in [0.5, 0.6) is 0 Å². The molecule has 50 valence electrons. The van der Waals surface area contributed by atoms with Gasteiger partial charge in [-0.25, -0.2) is 9.79 Å². The van der Waals surface area contributed by atoms with E-state index < -0.39 is 0 Å². The van der Waals surface area contributed by atoms with Crippen molar-refractivity contribution in [3.05, 3.63) is 0 Å². The van der Waals surface area contributed by atoms with Crippen LogP contribution in [0, 0.1) is 0 Å². The number of nitrogens with zero attached hydrogens (tertiary/aromatic N) is 2. The first-order valence-corrected chi connectivity index (χ1v) is 3.19. The standard InChI is InChI=1S/C6H10N2O/c9-6-7-2-5-8-3-1-4-8/h1-5H2. The number of rotatable bonds is 3. The van der Waals surface area contributed by atoms with Gasteiger partial charge in [-0.2, -0.15) is 0 Å². The van der Waals surface area contributed by atoms with E-state index in [0.29, 0.717) is 6.54 Å². The van der Waals surface area contributed by atoms with Gasteiger partial charge in [0.25, 0.3) is 0 Å². The highest BCUT2D eigenvalue weighted by atomic mass is 16.1. The van der Waals surface area contributed by atoms with Crippen LogP contribution in [0.1, 0.15) is 6.42 Å². The van der Waals surface area contributed by atoms with E-state index in [4.69, 9.17) is 0 Å². The molecule has 1 saturated heterocycles. The average molecular weight is 126 g/mol. The Morgan fingerprint density at radius 1 is 1.56 bits per heavy atom. The first-order valence-electron chi connectivity index (χ1n) is 3.19. The zero-order valence-electron chi connectivity index (χ0n) is 5.34. The van der Waals surface area contributed by atoms with E-state index in [1.807, 2.05) is 0 Å². The van der Waals surface area contributed by atoms with Crippen molar-refractivity contribution in [2.45, 2.75) is 6.42 Å². The third kappa shape index (κ3) is 1.96. The highest BCUT2D eigenvalue weighted by Gasteiger charge is 2.11. The summed E-state index contributed by atoms with van der Waals surface area (Å²) in [7, 11) is 0. The van der Waals surface area contributed by atoms with Crippen molar-refractivity contribution < 1.29 is 4.79 Å². The maximum absolute atomic E-state index is 9.58. The Hall–Kier alpha value is -0.660. The Morgan fingerprint density at radius 2 is 2.33 bits per heavy atom. The van der Waals surface area contributed by atoms with Gasteiger partial charge < -0.3 is 4.90 Å². The Labute approximate surface area is 54.4 Å². The van der Waals surface area contributed by atoms with Gasteiger partial charge >= 0.3 is 0 Å². The number of isocyanates is 1. The molecule has 1 aliphatic rings. The molecule has 1 rings (SSSR count). The highest BCUT2D eigenvalue weighted by molar-refractivity contribution is 5.32. The molecular formula is C6H10N2O. The molecule has 0 aromatic carbocycles. The summed E-state index contributed by atoms with van der Waals surface area (Å²) in [6.45, 7) is 3.89. The molecule has 3 nitrogen and oxygen atoms in total. The second kappa shape index (κ2) is 3.38. The lowest BCUT2D eigenvalue weighted by Gasteiger charge is -2.29. The summed E-state index contributed by atoms with van der Waals surface area (Å²) in [5.74, 6) is 0. The van der Waals surface area contributed by atoms with Crippen molar-refractivity contribution in [3.63, 3.8) is 0 Å². The van der Waals surface area contributed by atoms with Crippen LogP contribution < -0.4 is 0 Å². The van der Waals surface area contributed by atoms with Crippen LogP contribution in [0.3, 0.4) is 0 Å². The molecule has 0 aromatic rings. The number of hydrogen-bond acceptors (Lipinski definition) is 3. The van der Waals surface area contributed by atoms with Crippen LogP contribution in [-0.4, -0.2) is 37.2 Å². The topological polar surface area (TPSA) is 32.7 Å². The number of hydrogen-bond donors (Lipinski definition) is 0. The van der Waals surface area contributed by atoms with Gasteiger partial charge in [-0.15, -0.1) is 0 Å². The Morgan fingerprint density at radius 3 is 2.78 bits per heavy atom. The van der Waals surface area contributed by atoms with E-state index in [-0.39, 0.29) is 0 Å². The zero-order chi connectivity index (χ0) is 6.53. The fourth-order valence-corrected chi connectivity index (χ4v) is 0.842. The minimum Gasteiger partial charge on any atom is -0.301 e. The van der Waals surface area contributed by atoms with E-state index in [9.17, 15) is 4.79 Å². The van der Waals surface area contributed by atoms with Gasteiger partial charge in [0.2, 0.25) is 6.08 Å². The van der Waals surface area contributed by atoms with Gasteiger partial charge in [-0.1, -0.05) is 0 Å². The van der Waals surface area contributed by atoms with Crippen molar-refractivity contribution in [3.8, 4) is 0 Å². The third-order valence-corrected chi connectivity index (χ3v) is 1.54. The van der Waals surface area contributed by atoms with Crippen LogP contribution in [0.15, 0.2) is 4.99 Å². The van der Waals surface area contributed by atoms with Gasteiger partial charge in [0, 0.05) is 6.54 Å². The van der Waals surface area contributed by atoms with Gasteiger partial charge in [-0.3, -0.25) is 0 Å².